The average molecular weight is 383 g/mol. The van der Waals surface area contributed by atoms with E-state index >= 15 is 0 Å². The Bertz CT molecular complexity index is 780. The van der Waals surface area contributed by atoms with Gasteiger partial charge in [-0.05, 0) is 30.3 Å². The van der Waals surface area contributed by atoms with Crippen LogP contribution in [0, 0.1) is 0 Å². The van der Waals surface area contributed by atoms with Crippen molar-refractivity contribution in [1.82, 2.24) is 10.6 Å². The maximum absolute atomic E-state index is 12.5. The Labute approximate surface area is 155 Å². The van der Waals surface area contributed by atoms with Gasteiger partial charge < -0.3 is 10.6 Å². The third-order valence-corrected chi connectivity index (χ3v) is 5.23. The third kappa shape index (κ3) is 6.16. The Morgan fingerprint density at radius 3 is 2.28 bits per heavy atom. The summed E-state index contributed by atoms with van der Waals surface area (Å²) in [7, 11) is -3.49. The molecule has 2 aromatic rings. The van der Waals surface area contributed by atoms with E-state index in [4.69, 9.17) is 0 Å². The van der Waals surface area contributed by atoms with E-state index in [2.05, 4.69) is 10.6 Å². The fourth-order valence-corrected chi connectivity index (χ4v) is 3.72. The lowest BCUT2D eigenvalue weighted by molar-refractivity contribution is 0.0953. The molecule has 0 atom stereocenters. The van der Waals surface area contributed by atoms with Crippen LogP contribution in [-0.2, 0) is 15.6 Å². The summed E-state index contributed by atoms with van der Waals surface area (Å²) < 4.78 is 25.1. The first-order valence-electron chi connectivity index (χ1n) is 7.89. The van der Waals surface area contributed by atoms with Crippen molar-refractivity contribution < 1.29 is 13.2 Å². The van der Waals surface area contributed by atoms with Crippen LogP contribution in [0.1, 0.15) is 22.8 Å². The molecular formula is C18H23ClN2O3S. The molecule has 0 heterocycles. The van der Waals surface area contributed by atoms with Gasteiger partial charge in [0.1, 0.15) is 0 Å². The van der Waals surface area contributed by atoms with Crippen molar-refractivity contribution in [3.8, 4) is 0 Å². The van der Waals surface area contributed by atoms with E-state index < -0.39 is 9.84 Å². The molecule has 0 aliphatic rings. The first-order valence-corrected chi connectivity index (χ1v) is 9.54. The number of amides is 1. The summed E-state index contributed by atoms with van der Waals surface area (Å²) in [6.45, 7) is 3.99. The molecule has 7 heteroatoms. The molecule has 0 saturated heterocycles. The van der Waals surface area contributed by atoms with Crippen molar-refractivity contribution in [3.63, 3.8) is 0 Å². The molecule has 0 spiro atoms. The molecule has 2 aromatic carbocycles. The minimum atomic E-state index is -3.49. The zero-order valence-electron chi connectivity index (χ0n) is 14.1. The molecule has 0 aliphatic carbocycles. The van der Waals surface area contributed by atoms with E-state index in [9.17, 15) is 13.2 Å². The van der Waals surface area contributed by atoms with Crippen molar-refractivity contribution >= 4 is 28.2 Å². The number of halogens is 1. The summed E-state index contributed by atoms with van der Waals surface area (Å²) in [5.74, 6) is -0.458. The van der Waals surface area contributed by atoms with E-state index in [1.807, 2.05) is 6.92 Å². The highest BCUT2D eigenvalue weighted by Crippen LogP contribution is 2.18. The van der Waals surface area contributed by atoms with Crippen LogP contribution >= 0.6 is 12.4 Å². The van der Waals surface area contributed by atoms with E-state index in [1.54, 1.807) is 54.6 Å². The van der Waals surface area contributed by atoms with E-state index in [0.717, 1.165) is 6.54 Å². The van der Waals surface area contributed by atoms with Crippen molar-refractivity contribution in [2.45, 2.75) is 17.6 Å². The lowest BCUT2D eigenvalue weighted by atomic mass is 10.1. The van der Waals surface area contributed by atoms with Gasteiger partial charge in [-0.2, -0.15) is 0 Å². The van der Waals surface area contributed by atoms with Gasteiger partial charge in [-0.1, -0.05) is 43.3 Å². The zero-order valence-corrected chi connectivity index (χ0v) is 15.7. The number of carbonyl (C=O) groups is 1. The molecular weight excluding hydrogens is 360 g/mol. The summed E-state index contributed by atoms with van der Waals surface area (Å²) in [5, 5.41) is 5.92. The van der Waals surface area contributed by atoms with Gasteiger partial charge >= 0.3 is 0 Å². The second-order valence-corrected chi connectivity index (χ2v) is 7.33. The van der Waals surface area contributed by atoms with Crippen molar-refractivity contribution in [3.05, 3.63) is 65.7 Å². The molecule has 0 bridgehead atoms. The summed E-state index contributed by atoms with van der Waals surface area (Å²) in [4.78, 5) is 12.6. The molecule has 0 radical (unpaired) electrons. The fraction of sp³-hybridized carbons (Fsp3) is 0.278. The van der Waals surface area contributed by atoms with Gasteiger partial charge in [0.05, 0.1) is 10.6 Å². The van der Waals surface area contributed by atoms with Crippen LogP contribution in [0.25, 0.3) is 0 Å². The quantitative estimate of drug-likeness (QED) is 0.687. The Morgan fingerprint density at radius 2 is 1.60 bits per heavy atom. The number of nitrogens with one attached hydrogen (secondary N) is 2. The van der Waals surface area contributed by atoms with Crippen LogP contribution in [0.5, 0.6) is 0 Å². The highest BCUT2D eigenvalue weighted by atomic mass is 35.5. The van der Waals surface area contributed by atoms with E-state index in [-0.39, 0.29) is 29.0 Å². The molecule has 0 unspecified atom stereocenters. The lowest BCUT2D eigenvalue weighted by Crippen LogP contribution is -2.32. The normalized spacial score (nSPS) is 10.8. The highest BCUT2D eigenvalue weighted by molar-refractivity contribution is 7.90. The Balaban J connectivity index is 0.00000312. The van der Waals surface area contributed by atoms with Gasteiger partial charge in [-0.25, -0.2) is 8.42 Å². The van der Waals surface area contributed by atoms with Crippen molar-refractivity contribution in [2.75, 3.05) is 19.6 Å². The number of hydrogen-bond acceptors (Lipinski definition) is 4. The number of likely N-dealkylation sites (N-methyl/N-ethyl adjacent to an activating group) is 1. The molecule has 25 heavy (non-hydrogen) atoms. The van der Waals surface area contributed by atoms with Crippen LogP contribution in [0.4, 0.5) is 0 Å². The first-order chi connectivity index (χ1) is 11.5. The number of carbonyl (C=O) groups excluding carboxylic acids is 1. The summed E-state index contributed by atoms with van der Waals surface area (Å²) >= 11 is 0. The molecule has 1 amide bonds. The van der Waals surface area contributed by atoms with Gasteiger partial charge in [0, 0.05) is 18.7 Å². The van der Waals surface area contributed by atoms with E-state index in [0.29, 0.717) is 24.2 Å². The second-order valence-electron chi connectivity index (χ2n) is 5.34. The zero-order chi connectivity index (χ0) is 17.4. The number of rotatable bonds is 8. The fourth-order valence-electron chi connectivity index (χ4n) is 2.32. The van der Waals surface area contributed by atoms with E-state index in [1.165, 1.54) is 0 Å². The van der Waals surface area contributed by atoms with Crippen LogP contribution in [-0.4, -0.2) is 34.0 Å². The predicted molar refractivity (Wildman–Crippen MR) is 102 cm³/mol. The molecule has 2 N–H and O–H groups in total. The van der Waals surface area contributed by atoms with Gasteiger partial charge in [-0.3, -0.25) is 4.79 Å². The summed E-state index contributed by atoms with van der Waals surface area (Å²) in [5.41, 5.74) is 0.899. The molecule has 0 aromatic heterocycles. The minimum absolute atomic E-state index is 0. The van der Waals surface area contributed by atoms with Crippen LogP contribution in [0.15, 0.2) is 59.5 Å². The number of sulfone groups is 1. The number of hydrogen-bond donors (Lipinski definition) is 2. The van der Waals surface area contributed by atoms with Gasteiger partial charge in [0.2, 0.25) is 0 Å². The van der Waals surface area contributed by atoms with Crippen molar-refractivity contribution in [1.29, 1.82) is 0 Å². The van der Waals surface area contributed by atoms with Crippen LogP contribution < -0.4 is 10.6 Å². The maximum atomic E-state index is 12.5. The van der Waals surface area contributed by atoms with Gasteiger partial charge in [0.15, 0.2) is 9.84 Å². The Morgan fingerprint density at radius 1 is 0.960 bits per heavy atom. The Kier molecular flexibility index (Phi) is 8.61. The highest BCUT2D eigenvalue weighted by Gasteiger charge is 2.19. The average Bonchev–Trinajstić information content (AvgIpc) is 2.59. The SMILES string of the molecule is CCNCCNC(=O)c1ccccc1CS(=O)(=O)c1ccccc1.Cl. The molecule has 5 nitrogen and oxygen atoms in total. The first kappa shape index (κ1) is 21.2. The molecule has 0 saturated carbocycles. The van der Waals surface area contributed by atoms with Crippen LogP contribution in [0.3, 0.4) is 0 Å². The minimum Gasteiger partial charge on any atom is -0.351 e. The maximum Gasteiger partial charge on any atom is 0.251 e. The standard InChI is InChI=1S/C18H22N2O3S.ClH/c1-2-19-12-13-20-18(21)17-11-7-6-8-15(17)14-24(22,23)16-9-4-3-5-10-16;/h3-11,19H,2,12-14H2,1H3,(H,20,21);1H. The largest absolute Gasteiger partial charge is 0.351 e. The third-order valence-electron chi connectivity index (χ3n) is 3.55. The molecule has 136 valence electrons. The van der Waals surface area contributed by atoms with Gasteiger partial charge in [0.25, 0.3) is 5.91 Å². The van der Waals surface area contributed by atoms with Gasteiger partial charge in [-0.15, -0.1) is 12.4 Å². The predicted octanol–water partition coefficient (Wildman–Crippen LogP) is 2.42. The second kappa shape index (κ2) is 10.2. The molecule has 2 rings (SSSR count). The smallest absolute Gasteiger partial charge is 0.251 e. The number of benzene rings is 2. The Hall–Kier alpha value is -1.89. The topological polar surface area (TPSA) is 75.3 Å². The summed E-state index contributed by atoms with van der Waals surface area (Å²) in [6, 6.07) is 15.1. The molecule has 0 fully saturated rings. The monoisotopic (exact) mass is 382 g/mol. The molecule has 0 aliphatic heterocycles. The lowest BCUT2D eigenvalue weighted by Gasteiger charge is -2.11. The van der Waals surface area contributed by atoms with Crippen molar-refractivity contribution in [2.24, 2.45) is 0 Å². The summed E-state index contributed by atoms with van der Waals surface area (Å²) in [6.07, 6.45) is 0. The van der Waals surface area contributed by atoms with Crippen LogP contribution in [0.2, 0.25) is 0 Å².